The fourth-order valence-electron chi connectivity index (χ4n) is 5.60. The lowest BCUT2D eigenvalue weighted by Crippen LogP contribution is -2.65. The van der Waals surface area contributed by atoms with E-state index in [1.165, 1.54) is 38.8 Å². The number of rotatable bonds is 2. The third-order valence-corrected chi connectivity index (χ3v) is 8.34. The van der Waals surface area contributed by atoms with Gasteiger partial charge in [-0.15, -0.1) is 11.3 Å². The number of nitrogens with zero attached hydrogens (tertiary/aromatic N) is 2. The van der Waals surface area contributed by atoms with Crippen LogP contribution < -0.4 is 15.0 Å². The van der Waals surface area contributed by atoms with Crippen LogP contribution in [0.15, 0.2) is 18.2 Å². The maximum atomic E-state index is 13.2. The molecule has 3 saturated heterocycles. The molecule has 7 rings (SSSR count). The summed E-state index contributed by atoms with van der Waals surface area (Å²) < 4.78 is 6.98. The SMILES string of the molecule is CN1CCOc2ccc3cc(C(=O)N[C@H]4C5CCN(CC5)C45CC5)sc3c21. The van der Waals surface area contributed by atoms with Crippen LogP contribution in [0.4, 0.5) is 5.69 Å². The van der Waals surface area contributed by atoms with E-state index in [0.717, 1.165) is 39.6 Å². The van der Waals surface area contributed by atoms with Crippen LogP contribution in [0, 0.1) is 5.92 Å². The summed E-state index contributed by atoms with van der Waals surface area (Å²) in [6.45, 7) is 4.04. The largest absolute Gasteiger partial charge is 0.490 e. The van der Waals surface area contributed by atoms with Gasteiger partial charge < -0.3 is 15.0 Å². The van der Waals surface area contributed by atoms with Crippen molar-refractivity contribution in [1.29, 1.82) is 0 Å². The Bertz CT molecular complexity index is 927. The van der Waals surface area contributed by atoms with E-state index in [1.54, 1.807) is 11.3 Å². The number of thiophene rings is 1. The summed E-state index contributed by atoms with van der Waals surface area (Å²) in [5.41, 5.74) is 1.41. The minimum absolute atomic E-state index is 0.106. The zero-order valence-electron chi connectivity index (χ0n) is 15.7. The molecule has 1 aromatic heterocycles. The maximum absolute atomic E-state index is 13.2. The second-order valence-electron chi connectivity index (χ2n) is 8.59. The highest BCUT2D eigenvalue weighted by atomic mass is 32.1. The predicted octanol–water partition coefficient (Wildman–Crippen LogP) is 3.09. The number of piperidine rings is 3. The molecule has 1 aliphatic carbocycles. The molecule has 6 heteroatoms. The fourth-order valence-corrected chi connectivity index (χ4v) is 6.75. The summed E-state index contributed by atoms with van der Waals surface area (Å²) in [7, 11) is 2.10. The van der Waals surface area contributed by atoms with Crippen LogP contribution in [0.5, 0.6) is 5.75 Å². The van der Waals surface area contributed by atoms with Crippen molar-refractivity contribution in [2.45, 2.75) is 37.3 Å². The number of anilines is 1. The Morgan fingerprint density at radius 2 is 2.07 bits per heavy atom. The van der Waals surface area contributed by atoms with E-state index in [-0.39, 0.29) is 11.4 Å². The van der Waals surface area contributed by atoms with Crippen LogP contribution in [0.1, 0.15) is 35.4 Å². The highest BCUT2D eigenvalue weighted by molar-refractivity contribution is 7.21. The lowest BCUT2D eigenvalue weighted by atomic mass is 9.77. The Hall–Kier alpha value is -1.79. The standard InChI is InChI=1S/C21H25N3O2S/c1-23-10-11-26-15-3-2-14-12-16(27-18(14)17(15)23)20(25)22-19-13-4-8-24(9-5-13)21(19)6-7-21/h2-3,12-13,19H,4-11H2,1H3,(H,22,25)/t19-/m0/s1. The van der Waals surface area contributed by atoms with Gasteiger partial charge in [0.15, 0.2) is 0 Å². The topological polar surface area (TPSA) is 44.8 Å². The molecule has 2 bridgehead atoms. The Kier molecular flexibility index (Phi) is 3.36. The molecule has 1 amide bonds. The minimum Gasteiger partial charge on any atom is -0.490 e. The second-order valence-corrected chi connectivity index (χ2v) is 9.64. The molecule has 0 unspecified atom stereocenters. The zero-order chi connectivity index (χ0) is 18.2. The molecule has 142 valence electrons. The molecule has 5 heterocycles. The Labute approximate surface area is 163 Å². The molecule has 1 spiro atoms. The van der Waals surface area contributed by atoms with Crippen LogP contribution in [0.3, 0.4) is 0 Å². The van der Waals surface area contributed by atoms with Crippen molar-refractivity contribution in [2.75, 3.05) is 38.2 Å². The van der Waals surface area contributed by atoms with Gasteiger partial charge >= 0.3 is 0 Å². The van der Waals surface area contributed by atoms with E-state index in [2.05, 4.69) is 34.3 Å². The molecular weight excluding hydrogens is 358 g/mol. The predicted molar refractivity (Wildman–Crippen MR) is 108 cm³/mol. The number of hydrogen-bond donors (Lipinski definition) is 1. The summed E-state index contributed by atoms with van der Waals surface area (Å²) in [6, 6.07) is 6.50. The highest BCUT2D eigenvalue weighted by Crippen LogP contribution is 2.53. The number of hydrogen-bond acceptors (Lipinski definition) is 5. The molecule has 1 N–H and O–H groups in total. The van der Waals surface area contributed by atoms with Crippen molar-refractivity contribution in [2.24, 2.45) is 5.92 Å². The van der Waals surface area contributed by atoms with Gasteiger partial charge in [0.25, 0.3) is 5.91 Å². The van der Waals surface area contributed by atoms with E-state index < -0.39 is 0 Å². The van der Waals surface area contributed by atoms with Crippen molar-refractivity contribution in [3.63, 3.8) is 0 Å². The molecule has 1 atom stereocenters. The van der Waals surface area contributed by atoms with Crippen molar-refractivity contribution in [3.8, 4) is 5.75 Å². The molecule has 0 radical (unpaired) electrons. The summed E-state index contributed by atoms with van der Waals surface area (Å²) in [5.74, 6) is 1.69. The van der Waals surface area contributed by atoms with Gasteiger partial charge in [-0.2, -0.15) is 0 Å². The fraction of sp³-hybridized carbons (Fsp3) is 0.571. The summed E-state index contributed by atoms with van der Waals surface area (Å²) in [6.07, 6.45) is 4.95. The smallest absolute Gasteiger partial charge is 0.261 e. The van der Waals surface area contributed by atoms with E-state index in [9.17, 15) is 4.79 Å². The first-order valence-corrected chi connectivity index (χ1v) is 10.9. The minimum atomic E-state index is 0.106. The lowest BCUT2D eigenvalue weighted by Gasteiger charge is -2.52. The van der Waals surface area contributed by atoms with Crippen LogP contribution in [-0.4, -0.2) is 55.7 Å². The Morgan fingerprint density at radius 3 is 2.85 bits per heavy atom. The van der Waals surface area contributed by atoms with Gasteiger partial charge in [0.2, 0.25) is 0 Å². The first kappa shape index (κ1) is 16.2. The molecule has 1 aromatic carbocycles. The van der Waals surface area contributed by atoms with Gasteiger partial charge in [0.1, 0.15) is 12.4 Å². The van der Waals surface area contributed by atoms with Crippen molar-refractivity contribution < 1.29 is 9.53 Å². The molecule has 2 aromatic rings. The Morgan fingerprint density at radius 1 is 1.26 bits per heavy atom. The molecule has 1 saturated carbocycles. The van der Waals surface area contributed by atoms with Gasteiger partial charge in [0, 0.05) is 12.6 Å². The third kappa shape index (κ3) is 2.29. The summed E-state index contributed by atoms with van der Waals surface area (Å²) >= 11 is 1.61. The molecule has 4 aliphatic heterocycles. The van der Waals surface area contributed by atoms with E-state index in [1.807, 2.05) is 6.07 Å². The molecule has 27 heavy (non-hydrogen) atoms. The molecule has 5 aliphatic rings. The number of amides is 1. The van der Waals surface area contributed by atoms with Gasteiger partial charge in [-0.25, -0.2) is 0 Å². The second kappa shape index (κ2) is 5.61. The first-order valence-electron chi connectivity index (χ1n) is 10.1. The highest BCUT2D eigenvalue weighted by Gasteiger charge is 2.60. The normalized spacial score (nSPS) is 30.3. The number of fused-ring (bicyclic) bond motifs is 5. The van der Waals surface area contributed by atoms with Crippen LogP contribution >= 0.6 is 11.3 Å². The van der Waals surface area contributed by atoms with Gasteiger partial charge in [-0.05, 0) is 68.3 Å². The van der Waals surface area contributed by atoms with Crippen molar-refractivity contribution in [3.05, 3.63) is 23.1 Å². The average Bonchev–Trinajstić information content (AvgIpc) is 3.33. The number of carbonyl (C=O) groups excluding carboxylic acids is 1. The van der Waals surface area contributed by atoms with Gasteiger partial charge in [-0.1, -0.05) is 0 Å². The van der Waals surface area contributed by atoms with Crippen LogP contribution in [-0.2, 0) is 0 Å². The zero-order valence-corrected chi connectivity index (χ0v) is 16.5. The quantitative estimate of drug-likeness (QED) is 0.866. The maximum Gasteiger partial charge on any atom is 0.261 e. The monoisotopic (exact) mass is 383 g/mol. The summed E-state index contributed by atoms with van der Waals surface area (Å²) in [5, 5.41) is 4.59. The number of likely N-dealkylation sites (N-methyl/N-ethyl adjacent to an activating group) is 1. The Balaban J connectivity index is 1.32. The van der Waals surface area contributed by atoms with Crippen molar-refractivity contribution in [1.82, 2.24) is 10.2 Å². The van der Waals surface area contributed by atoms with Gasteiger partial charge in [-0.3, -0.25) is 9.69 Å². The molecule has 5 nitrogen and oxygen atoms in total. The van der Waals surface area contributed by atoms with Gasteiger partial charge in [0.05, 0.1) is 27.9 Å². The molecule has 4 fully saturated rings. The van der Waals surface area contributed by atoms with E-state index in [0.29, 0.717) is 12.0 Å². The van der Waals surface area contributed by atoms with Crippen LogP contribution in [0.25, 0.3) is 10.1 Å². The van der Waals surface area contributed by atoms with E-state index in [4.69, 9.17) is 4.74 Å². The summed E-state index contributed by atoms with van der Waals surface area (Å²) in [4.78, 5) is 18.9. The lowest BCUT2D eigenvalue weighted by molar-refractivity contribution is -0.00138. The van der Waals surface area contributed by atoms with Crippen molar-refractivity contribution >= 4 is 33.0 Å². The first-order chi connectivity index (χ1) is 13.2. The molecular formula is C21H25N3O2S. The number of benzene rings is 1. The number of carbonyl (C=O) groups is 1. The third-order valence-electron chi connectivity index (χ3n) is 7.18. The van der Waals surface area contributed by atoms with Crippen LogP contribution in [0.2, 0.25) is 0 Å². The number of nitrogens with one attached hydrogen (secondary N) is 1. The average molecular weight is 384 g/mol. The number of ether oxygens (including phenoxy) is 1. The van der Waals surface area contributed by atoms with E-state index >= 15 is 0 Å².